The number of hydrogen-bond acceptors (Lipinski definition) is 5. The Morgan fingerprint density at radius 1 is 1.12 bits per heavy atom. The van der Waals surface area contributed by atoms with Crippen LogP contribution in [0.3, 0.4) is 0 Å². The molecule has 4 N–H and O–H groups in total. The Labute approximate surface area is 152 Å². The molecule has 2 aromatic rings. The highest BCUT2D eigenvalue weighted by Crippen LogP contribution is 2.40. The van der Waals surface area contributed by atoms with Gasteiger partial charge in [0, 0.05) is 23.3 Å². The third kappa shape index (κ3) is 3.67. The molecule has 136 valence electrons. The Morgan fingerprint density at radius 2 is 1.85 bits per heavy atom. The number of para-hydroxylation sites is 1. The largest absolute Gasteiger partial charge is 0.507 e. The highest BCUT2D eigenvalue weighted by atomic mass is 16.5. The lowest BCUT2D eigenvalue weighted by Crippen LogP contribution is -2.33. The number of rotatable bonds is 6. The van der Waals surface area contributed by atoms with E-state index in [0.717, 1.165) is 36.6 Å². The van der Waals surface area contributed by atoms with Crippen molar-refractivity contribution >= 4 is 11.8 Å². The first kappa shape index (κ1) is 17.9. The Kier molecular flexibility index (Phi) is 5.16. The van der Waals surface area contributed by atoms with E-state index in [1.165, 1.54) is 6.07 Å². The van der Waals surface area contributed by atoms with Crippen molar-refractivity contribution < 1.29 is 20.1 Å². The van der Waals surface area contributed by atoms with Crippen LogP contribution in [0.15, 0.2) is 42.5 Å². The Bertz CT molecular complexity index is 844. The second-order valence-electron chi connectivity index (χ2n) is 6.65. The average molecular weight is 353 g/mol. The summed E-state index contributed by atoms with van der Waals surface area (Å²) in [5.74, 6) is 0.639. The lowest BCUT2D eigenvalue weighted by atomic mass is 9.68. The Morgan fingerprint density at radius 3 is 2.54 bits per heavy atom. The molecule has 2 atom stereocenters. The van der Waals surface area contributed by atoms with Gasteiger partial charge in [-0.25, -0.2) is 0 Å². The van der Waals surface area contributed by atoms with Crippen LogP contribution in [0.25, 0.3) is 6.08 Å². The summed E-state index contributed by atoms with van der Waals surface area (Å²) in [6.07, 6.45) is 6.16. The molecule has 5 nitrogen and oxygen atoms in total. The molecule has 0 saturated heterocycles. The van der Waals surface area contributed by atoms with E-state index in [2.05, 4.69) is 6.07 Å². The number of nitrogens with one attached hydrogen (secondary N) is 1. The summed E-state index contributed by atoms with van der Waals surface area (Å²) in [5, 5.41) is 37.1. The van der Waals surface area contributed by atoms with Gasteiger partial charge in [-0.2, -0.15) is 0 Å². The molecule has 5 heteroatoms. The fraction of sp³-hybridized carbons (Fsp3) is 0.286. The van der Waals surface area contributed by atoms with Gasteiger partial charge in [0.25, 0.3) is 0 Å². The van der Waals surface area contributed by atoms with Crippen molar-refractivity contribution in [1.82, 2.24) is 0 Å². The summed E-state index contributed by atoms with van der Waals surface area (Å²) in [7, 11) is 1.67. The number of phenolic OH excluding ortho intramolecular Hbond substituents is 3. The highest BCUT2D eigenvalue weighted by Gasteiger charge is 2.33. The number of benzene rings is 2. The number of aromatic hydroxyl groups is 3. The molecule has 1 aliphatic rings. The first-order chi connectivity index (χ1) is 12.5. The molecule has 1 aliphatic carbocycles. The van der Waals surface area contributed by atoms with E-state index >= 15 is 0 Å². The van der Waals surface area contributed by atoms with Crippen molar-refractivity contribution in [3.05, 3.63) is 53.6 Å². The van der Waals surface area contributed by atoms with Crippen LogP contribution in [-0.4, -0.2) is 28.1 Å². The summed E-state index contributed by atoms with van der Waals surface area (Å²) in [6, 6.07) is 10.3. The molecule has 1 fully saturated rings. The molecule has 2 aromatic carbocycles. The molecule has 3 rings (SSSR count). The summed E-state index contributed by atoms with van der Waals surface area (Å²) in [4.78, 5) is 0. The predicted octanol–water partition coefficient (Wildman–Crippen LogP) is 4.11. The van der Waals surface area contributed by atoms with Gasteiger partial charge in [0.2, 0.25) is 0 Å². The van der Waals surface area contributed by atoms with E-state index in [-0.39, 0.29) is 23.2 Å². The summed E-state index contributed by atoms with van der Waals surface area (Å²) in [6.45, 7) is 0. The van der Waals surface area contributed by atoms with Gasteiger partial charge < -0.3 is 25.5 Å². The highest BCUT2D eigenvalue weighted by molar-refractivity contribution is 5.98. The summed E-state index contributed by atoms with van der Waals surface area (Å²) < 4.78 is 5.41. The molecule has 0 aromatic heterocycles. The monoisotopic (exact) mass is 353 g/mol. The lowest BCUT2D eigenvalue weighted by Gasteiger charge is -2.36. The van der Waals surface area contributed by atoms with Gasteiger partial charge in [-0.05, 0) is 55.0 Å². The van der Waals surface area contributed by atoms with Crippen molar-refractivity contribution in [2.75, 3.05) is 7.11 Å². The fourth-order valence-corrected chi connectivity index (χ4v) is 3.40. The van der Waals surface area contributed by atoms with E-state index in [4.69, 9.17) is 10.1 Å². The molecule has 1 saturated carbocycles. The first-order valence-corrected chi connectivity index (χ1v) is 8.63. The maximum atomic E-state index is 9.84. The lowest BCUT2D eigenvalue weighted by molar-refractivity contribution is 0.243. The summed E-state index contributed by atoms with van der Waals surface area (Å²) in [5.41, 5.74) is 2.02. The number of ether oxygens (including phenoxy) is 1. The molecule has 0 radical (unpaired) electrons. The van der Waals surface area contributed by atoms with Crippen LogP contribution in [0.4, 0.5) is 0 Å². The van der Waals surface area contributed by atoms with E-state index < -0.39 is 0 Å². The maximum absolute atomic E-state index is 9.84. The summed E-state index contributed by atoms with van der Waals surface area (Å²) >= 11 is 0. The van der Waals surface area contributed by atoms with Crippen LogP contribution >= 0.6 is 0 Å². The SMILES string of the molecule is COc1ccccc1CC1CCC1C(=N)/C=C/c1cc(O)c(O)cc1O. The molecule has 0 bridgehead atoms. The van der Waals surface area contributed by atoms with Crippen LogP contribution in [0.2, 0.25) is 0 Å². The van der Waals surface area contributed by atoms with Crippen LogP contribution < -0.4 is 4.74 Å². The molecule has 26 heavy (non-hydrogen) atoms. The average Bonchev–Trinajstić information content (AvgIpc) is 2.61. The maximum Gasteiger partial charge on any atom is 0.161 e. The smallest absolute Gasteiger partial charge is 0.161 e. The topological polar surface area (TPSA) is 93.8 Å². The Balaban J connectivity index is 1.68. The van der Waals surface area contributed by atoms with Crippen molar-refractivity contribution in [3.8, 4) is 23.0 Å². The van der Waals surface area contributed by atoms with Gasteiger partial charge >= 0.3 is 0 Å². The van der Waals surface area contributed by atoms with Gasteiger partial charge in [0.05, 0.1) is 7.11 Å². The third-order valence-corrected chi connectivity index (χ3v) is 5.06. The van der Waals surface area contributed by atoms with Crippen molar-refractivity contribution in [1.29, 1.82) is 5.41 Å². The van der Waals surface area contributed by atoms with Gasteiger partial charge in [0.1, 0.15) is 11.5 Å². The molecular weight excluding hydrogens is 330 g/mol. The molecule has 2 unspecified atom stereocenters. The van der Waals surface area contributed by atoms with Gasteiger partial charge in [-0.3, -0.25) is 0 Å². The molecular formula is C21H23NO4. The van der Waals surface area contributed by atoms with E-state index in [1.807, 2.05) is 18.2 Å². The predicted molar refractivity (Wildman–Crippen MR) is 101 cm³/mol. The van der Waals surface area contributed by atoms with Crippen LogP contribution in [0, 0.1) is 17.2 Å². The minimum absolute atomic E-state index is 0.136. The van der Waals surface area contributed by atoms with Crippen LogP contribution in [0.1, 0.15) is 24.0 Å². The number of phenols is 3. The molecule has 0 aliphatic heterocycles. The second-order valence-corrected chi connectivity index (χ2v) is 6.65. The number of allylic oxidation sites excluding steroid dienone is 1. The fourth-order valence-electron chi connectivity index (χ4n) is 3.40. The zero-order valence-electron chi connectivity index (χ0n) is 14.6. The second kappa shape index (κ2) is 7.52. The molecule has 0 amide bonds. The van der Waals surface area contributed by atoms with E-state index in [1.54, 1.807) is 19.3 Å². The normalized spacial score (nSPS) is 19.3. The van der Waals surface area contributed by atoms with Crippen molar-refractivity contribution in [3.63, 3.8) is 0 Å². The quantitative estimate of drug-likeness (QED) is 0.357. The zero-order valence-corrected chi connectivity index (χ0v) is 14.6. The standard InChI is InChI=1S/C21H23NO4/c1-26-21-5-3-2-4-15(21)10-13-6-8-16(13)17(22)9-7-14-11-19(24)20(25)12-18(14)23/h2-5,7,9,11-13,16,22-25H,6,8,10H2,1H3/b9-7+,22-17?. The van der Waals surface area contributed by atoms with Crippen molar-refractivity contribution in [2.45, 2.75) is 19.3 Å². The van der Waals surface area contributed by atoms with Crippen LogP contribution in [-0.2, 0) is 6.42 Å². The molecule has 0 heterocycles. The third-order valence-electron chi connectivity index (χ3n) is 5.06. The van der Waals surface area contributed by atoms with Gasteiger partial charge in [0.15, 0.2) is 11.5 Å². The van der Waals surface area contributed by atoms with Crippen LogP contribution in [0.5, 0.6) is 23.0 Å². The van der Waals surface area contributed by atoms with E-state index in [0.29, 0.717) is 17.2 Å². The number of hydrogen-bond donors (Lipinski definition) is 4. The van der Waals surface area contributed by atoms with Gasteiger partial charge in [-0.15, -0.1) is 0 Å². The minimum Gasteiger partial charge on any atom is -0.507 e. The first-order valence-electron chi connectivity index (χ1n) is 8.63. The molecule has 0 spiro atoms. The Hall–Kier alpha value is -2.95. The van der Waals surface area contributed by atoms with E-state index in [9.17, 15) is 15.3 Å². The number of methoxy groups -OCH3 is 1. The zero-order chi connectivity index (χ0) is 18.7. The minimum atomic E-state index is -0.370. The van der Waals surface area contributed by atoms with Gasteiger partial charge in [-0.1, -0.05) is 18.2 Å². The van der Waals surface area contributed by atoms with Crippen molar-refractivity contribution in [2.24, 2.45) is 11.8 Å².